The summed E-state index contributed by atoms with van der Waals surface area (Å²) in [7, 11) is 1.65. The van der Waals surface area contributed by atoms with Gasteiger partial charge >= 0.3 is 0 Å². The highest BCUT2D eigenvalue weighted by molar-refractivity contribution is 6.05. The summed E-state index contributed by atoms with van der Waals surface area (Å²) in [4.78, 5) is 23.7. The lowest BCUT2D eigenvalue weighted by Gasteiger charge is -2.21. The Kier molecular flexibility index (Phi) is 6.44. The SMILES string of the molecule is CCN(C(=O)c1cc(NCc2ccccc2OC)nc(C)n1)c1cccc(C)c1. The molecule has 0 aliphatic heterocycles. The molecule has 1 amide bonds. The minimum absolute atomic E-state index is 0.149. The van der Waals surface area contributed by atoms with E-state index in [2.05, 4.69) is 15.3 Å². The summed E-state index contributed by atoms with van der Waals surface area (Å²) in [6.45, 7) is 6.83. The Morgan fingerprint density at radius 1 is 1.07 bits per heavy atom. The number of amides is 1. The van der Waals surface area contributed by atoms with E-state index in [0.29, 0.717) is 30.4 Å². The standard InChI is InChI=1S/C23H26N4O2/c1-5-27(19-11-8-9-16(2)13-19)23(28)20-14-22(26-17(3)25-20)24-15-18-10-6-7-12-21(18)29-4/h6-14H,5,15H2,1-4H3,(H,24,25,26). The van der Waals surface area contributed by atoms with Crippen molar-refractivity contribution >= 4 is 17.4 Å². The summed E-state index contributed by atoms with van der Waals surface area (Å²) in [5, 5.41) is 3.28. The van der Waals surface area contributed by atoms with Crippen molar-refractivity contribution in [2.45, 2.75) is 27.3 Å². The fourth-order valence-corrected chi connectivity index (χ4v) is 3.18. The Morgan fingerprint density at radius 2 is 1.86 bits per heavy atom. The third kappa shape index (κ3) is 4.90. The predicted molar refractivity (Wildman–Crippen MR) is 116 cm³/mol. The summed E-state index contributed by atoms with van der Waals surface area (Å²) >= 11 is 0. The van der Waals surface area contributed by atoms with Gasteiger partial charge in [-0.25, -0.2) is 9.97 Å². The molecule has 0 saturated heterocycles. The fraction of sp³-hybridized carbons (Fsp3) is 0.261. The molecule has 3 aromatic rings. The molecule has 1 N–H and O–H groups in total. The molecule has 3 rings (SSSR count). The number of aryl methyl sites for hydroxylation is 2. The maximum atomic E-state index is 13.2. The van der Waals surface area contributed by atoms with Crippen molar-refractivity contribution in [2.24, 2.45) is 0 Å². The molecule has 0 fully saturated rings. The maximum absolute atomic E-state index is 13.2. The van der Waals surface area contributed by atoms with Crippen LogP contribution in [0.25, 0.3) is 0 Å². The molecule has 1 heterocycles. The van der Waals surface area contributed by atoms with E-state index >= 15 is 0 Å². The normalized spacial score (nSPS) is 10.5. The molecule has 2 aromatic carbocycles. The van der Waals surface area contributed by atoms with Crippen LogP contribution in [0.5, 0.6) is 5.75 Å². The van der Waals surface area contributed by atoms with Gasteiger partial charge in [0.2, 0.25) is 0 Å². The van der Waals surface area contributed by atoms with Crippen molar-refractivity contribution in [1.82, 2.24) is 9.97 Å². The molecular formula is C23H26N4O2. The summed E-state index contributed by atoms with van der Waals surface area (Å²) in [6, 6.07) is 17.4. The molecule has 1 aromatic heterocycles. The lowest BCUT2D eigenvalue weighted by molar-refractivity contribution is 0.0983. The molecule has 6 nitrogen and oxygen atoms in total. The molecule has 29 heavy (non-hydrogen) atoms. The van der Waals surface area contributed by atoms with E-state index in [0.717, 1.165) is 22.6 Å². The number of nitrogens with one attached hydrogen (secondary N) is 1. The van der Waals surface area contributed by atoms with Gasteiger partial charge in [0, 0.05) is 30.4 Å². The Labute approximate surface area is 171 Å². The van der Waals surface area contributed by atoms with Crippen LogP contribution in [0.3, 0.4) is 0 Å². The molecule has 150 valence electrons. The van der Waals surface area contributed by atoms with Gasteiger partial charge in [-0.2, -0.15) is 0 Å². The maximum Gasteiger partial charge on any atom is 0.277 e. The van der Waals surface area contributed by atoms with Crippen molar-refractivity contribution in [3.05, 3.63) is 77.2 Å². The van der Waals surface area contributed by atoms with E-state index in [1.54, 1.807) is 25.0 Å². The Morgan fingerprint density at radius 3 is 2.59 bits per heavy atom. The van der Waals surface area contributed by atoms with Gasteiger partial charge in [-0.05, 0) is 44.5 Å². The van der Waals surface area contributed by atoms with Crippen molar-refractivity contribution in [3.8, 4) is 5.75 Å². The number of carbonyl (C=O) groups is 1. The first kappa shape index (κ1) is 20.3. The van der Waals surface area contributed by atoms with Crippen LogP contribution in [0.4, 0.5) is 11.5 Å². The number of hydrogen-bond donors (Lipinski definition) is 1. The molecule has 0 unspecified atom stereocenters. The van der Waals surface area contributed by atoms with Gasteiger partial charge in [0.15, 0.2) is 0 Å². The fourth-order valence-electron chi connectivity index (χ4n) is 3.18. The second kappa shape index (κ2) is 9.19. The minimum atomic E-state index is -0.149. The highest BCUT2D eigenvalue weighted by Gasteiger charge is 2.19. The summed E-state index contributed by atoms with van der Waals surface area (Å²) < 4.78 is 5.39. The number of anilines is 2. The van der Waals surface area contributed by atoms with E-state index in [4.69, 9.17) is 4.74 Å². The van der Waals surface area contributed by atoms with Crippen LogP contribution in [0.15, 0.2) is 54.6 Å². The molecule has 0 bridgehead atoms. The van der Waals surface area contributed by atoms with Crippen molar-refractivity contribution < 1.29 is 9.53 Å². The van der Waals surface area contributed by atoms with Gasteiger partial charge in [-0.3, -0.25) is 4.79 Å². The van der Waals surface area contributed by atoms with Crippen LogP contribution >= 0.6 is 0 Å². The number of methoxy groups -OCH3 is 1. The largest absolute Gasteiger partial charge is 0.496 e. The Balaban J connectivity index is 1.83. The smallest absolute Gasteiger partial charge is 0.277 e. The van der Waals surface area contributed by atoms with E-state index in [1.807, 2.05) is 62.4 Å². The van der Waals surface area contributed by atoms with Crippen LogP contribution in [-0.2, 0) is 6.54 Å². The van der Waals surface area contributed by atoms with Crippen molar-refractivity contribution in [3.63, 3.8) is 0 Å². The van der Waals surface area contributed by atoms with Crippen LogP contribution in [-0.4, -0.2) is 29.5 Å². The van der Waals surface area contributed by atoms with E-state index in [9.17, 15) is 4.79 Å². The third-order valence-corrected chi connectivity index (χ3v) is 4.58. The zero-order valence-electron chi connectivity index (χ0n) is 17.3. The van der Waals surface area contributed by atoms with Gasteiger partial charge in [0.25, 0.3) is 5.91 Å². The highest BCUT2D eigenvalue weighted by Crippen LogP contribution is 2.21. The quantitative estimate of drug-likeness (QED) is 0.648. The topological polar surface area (TPSA) is 67.4 Å². The zero-order chi connectivity index (χ0) is 20.8. The van der Waals surface area contributed by atoms with Gasteiger partial charge in [-0.15, -0.1) is 0 Å². The van der Waals surface area contributed by atoms with Crippen LogP contribution in [0.2, 0.25) is 0 Å². The van der Waals surface area contributed by atoms with Crippen LogP contribution in [0, 0.1) is 13.8 Å². The van der Waals surface area contributed by atoms with Crippen LogP contribution in [0.1, 0.15) is 34.4 Å². The molecular weight excluding hydrogens is 364 g/mol. The van der Waals surface area contributed by atoms with Gasteiger partial charge in [0.1, 0.15) is 23.1 Å². The number of benzene rings is 2. The summed E-state index contributed by atoms with van der Waals surface area (Å²) in [5.41, 5.74) is 3.33. The number of para-hydroxylation sites is 1. The monoisotopic (exact) mass is 390 g/mol. The van der Waals surface area contributed by atoms with Gasteiger partial charge < -0.3 is 15.0 Å². The van der Waals surface area contributed by atoms with Crippen LogP contribution < -0.4 is 15.0 Å². The predicted octanol–water partition coefficient (Wildman–Crippen LogP) is 4.38. The van der Waals surface area contributed by atoms with E-state index < -0.39 is 0 Å². The second-order valence-corrected chi connectivity index (χ2v) is 6.74. The zero-order valence-corrected chi connectivity index (χ0v) is 17.3. The molecule has 6 heteroatoms. The van der Waals surface area contributed by atoms with Gasteiger partial charge in [-0.1, -0.05) is 30.3 Å². The third-order valence-electron chi connectivity index (χ3n) is 4.58. The minimum Gasteiger partial charge on any atom is -0.496 e. The van der Waals surface area contributed by atoms with Gasteiger partial charge in [0.05, 0.1) is 7.11 Å². The average molecular weight is 390 g/mol. The Bertz CT molecular complexity index is 1000. The number of ether oxygens (including phenoxy) is 1. The second-order valence-electron chi connectivity index (χ2n) is 6.74. The van der Waals surface area contributed by atoms with Crippen molar-refractivity contribution in [2.75, 3.05) is 23.9 Å². The van der Waals surface area contributed by atoms with Crippen molar-refractivity contribution in [1.29, 1.82) is 0 Å². The molecule has 0 aliphatic carbocycles. The number of hydrogen-bond acceptors (Lipinski definition) is 5. The number of carbonyl (C=O) groups excluding carboxylic acids is 1. The molecule has 0 spiro atoms. The lowest BCUT2D eigenvalue weighted by atomic mass is 10.2. The van der Waals surface area contributed by atoms with E-state index in [1.165, 1.54) is 0 Å². The van der Waals surface area contributed by atoms with E-state index in [-0.39, 0.29) is 5.91 Å². The molecule has 0 saturated carbocycles. The number of rotatable bonds is 7. The Hall–Kier alpha value is -3.41. The first-order valence-corrected chi connectivity index (χ1v) is 9.61. The molecule has 0 aliphatic rings. The molecule has 0 atom stereocenters. The lowest BCUT2D eigenvalue weighted by Crippen LogP contribution is -2.31. The summed E-state index contributed by atoms with van der Waals surface area (Å²) in [5.74, 6) is 1.80. The first-order chi connectivity index (χ1) is 14.0. The average Bonchev–Trinajstić information content (AvgIpc) is 2.72. The highest BCUT2D eigenvalue weighted by atomic mass is 16.5. The summed E-state index contributed by atoms with van der Waals surface area (Å²) in [6.07, 6.45) is 0. The molecule has 0 radical (unpaired) electrons. The first-order valence-electron chi connectivity index (χ1n) is 9.61. The number of aromatic nitrogens is 2. The number of nitrogens with zero attached hydrogens (tertiary/aromatic N) is 3.